The molecule has 1 heterocycles. The third-order valence-corrected chi connectivity index (χ3v) is 3.97. The van der Waals surface area contributed by atoms with E-state index in [1.54, 1.807) is 10.9 Å². The number of hydrogen-bond donors (Lipinski definition) is 0. The average Bonchev–Trinajstić information content (AvgIpc) is 3.20. The minimum Gasteiger partial charge on any atom is -0.462 e. The van der Waals surface area contributed by atoms with Gasteiger partial charge in [-0.3, -0.25) is 9.58 Å². The predicted molar refractivity (Wildman–Crippen MR) is 82.1 cm³/mol. The van der Waals surface area contributed by atoms with Gasteiger partial charge in [-0.2, -0.15) is 5.10 Å². The highest BCUT2D eigenvalue weighted by Gasteiger charge is 2.30. The van der Waals surface area contributed by atoms with Crippen molar-refractivity contribution < 1.29 is 9.53 Å². The number of nitrogens with zero attached hydrogens (tertiary/aromatic N) is 3. The van der Waals surface area contributed by atoms with Crippen LogP contribution in [0.2, 0.25) is 0 Å². The van der Waals surface area contributed by atoms with Gasteiger partial charge < -0.3 is 4.74 Å². The van der Waals surface area contributed by atoms with Crippen LogP contribution in [-0.4, -0.2) is 39.8 Å². The second-order valence-corrected chi connectivity index (χ2v) is 6.23. The molecule has 21 heavy (non-hydrogen) atoms. The summed E-state index contributed by atoms with van der Waals surface area (Å²) in [6.07, 6.45) is 5.35. The summed E-state index contributed by atoms with van der Waals surface area (Å²) in [6.45, 7) is 8.58. The number of carbonyl (C=O) groups is 1. The smallest absolute Gasteiger partial charge is 0.341 e. The minimum absolute atomic E-state index is 0.264. The Labute approximate surface area is 127 Å². The third kappa shape index (κ3) is 4.30. The number of carbonyl (C=O) groups excluding carboxylic acids is 1. The molecule has 2 rings (SSSR count). The summed E-state index contributed by atoms with van der Waals surface area (Å²) in [4.78, 5) is 14.5. The van der Waals surface area contributed by atoms with Crippen LogP contribution >= 0.6 is 0 Å². The predicted octanol–water partition coefficient (Wildman–Crippen LogP) is 2.61. The number of hydrogen-bond acceptors (Lipinski definition) is 4. The quantitative estimate of drug-likeness (QED) is 0.691. The van der Waals surface area contributed by atoms with E-state index < -0.39 is 0 Å². The molecule has 1 fully saturated rings. The monoisotopic (exact) mass is 293 g/mol. The molecule has 0 unspecified atom stereocenters. The van der Waals surface area contributed by atoms with Crippen molar-refractivity contribution in [3.8, 4) is 0 Å². The summed E-state index contributed by atoms with van der Waals surface area (Å²) in [5.41, 5.74) is 1.57. The maximum absolute atomic E-state index is 12.0. The van der Waals surface area contributed by atoms with Gasteiger partial charge in [-0.15, -0.1) is 0 Å². The second-order valence-electron chi connectivity index (χ2n) is 6.23. The SMILES string of the molecule is CCOC(=O)c1cnn(C)c1CN(CCC(C)C)C1CC1. The molecule has 0 spiro atoms. The Bertz CT molecular complexity index is 478. The fourth-order valence-electron chi connectivity index (χ4n) is 2.48. The van der Waals surface area contributed by atoms with E-state index in [0.29, 0.717) is 24.1 Å². The maximum atomic E-state index is 12.0. The molecule has 0 atom stereocenters. The highest BCUT2D eigenvalue weighted by Crippen LogP contribution is 2.29. The Morgan fingerprint density at radius 1 is 1.52 bits per heavy atom. The van der Waals surface area contributed by atoms with Crippen molar-refractivity contribution in [2.45, 2.75) is 52.6 Å². The fourth-order valence-corrected chi connectivity index (χ4v) is 2.48. The molecule has 0 aliphatic heterocycles. The second kappa shape index (κ2) is 7.07. The molecular weight excluding hydrogens is 266 g/mol. The van der Waals surface area contributed by atoms with Crippen LogP contribution in [0.5, 0.6) is 0 Å². The normalized spacial score (nSPS) is 15.0. The van der Waals surface area contributed by atoms with Gasteiger partial charge in [0.2, 0.25) is 0 Å². The molecule has 5 heteroatoms. The summed E-state index contributed by atoms with van der Waals surface area (Å²) >= 11 is 0. The van der Waals surface area contributed by atoms with Gasteiger partial charge in [-0.25, -0.2) is 4.79 Å². The van der Waals surface area contributed by atoms with E-state index in [-0.39, 0.29) is 5.97 Å². The Morgan fingerprint density at radius 3 is 2.81 bits per heavy atom. The minimum atomic E-state index is -0.264. The molecule has 1 aromatic heterocycles. The van der Waals surface area contributed by atoms with Gasteiger partial charge >= 0.3 is 5.97 Å². The zero-order chi connectivity index (χ0) is 15.4. The first-order valence-corrected chi connectivity index (χ1v) is 7.95. The molecule has 0 radical (unpaired) electrons. The lowest BCUT2D eigenvalue weighted by Crippen LogP contribution is -2.29. The van der Waals surface area contributed by atoms with Crippen LogP contribution in [-0.2, 0) is 18.3 Å². The topological polar surface area (TPSA) is 47.4 Å². The van der Waals surface area contributed by atoms with E-state index in [1.807, 2.05) is 14.0 Å². The molecular formula is C16H27N3O2. The van der Waals surface area contributed by atoms with Crippen molar-refractivity contribution in [1.82, 2.24) is 14.7 Å². The first kappa shape index (κ1) is 16.0. The zero-order valence-corrected chi connectivity index (χ0v) is 13.6. The van der Waals surface area contributed by atoms with Crippen LogP contribution in [0.3, 0.4) is 0 Å². The van der Waals surface area contributed by atoms with Crippen LogP contribution in [0.25, 0.3) is 0 Å². The molecule has 1 aliphatic rings. The number of esters is 1. The maximum Gasteiger partial charge on any atom is 0.341 e. The Hall–Kier alpha value is -1.36. The van der Waals surface area contributed by atoms with Gasteiger partial charge in [0, 0.05) is 19.6 Å². The van der Waals surface area contributed by atoms with Crippen molar-refractivity contribution >= 4 is 5.97 Å². The van der Waals surface area contributed by atoms with E-state index in [0.717, 1.165) is 18.8 Å². The van der Waals surface area contributed by atoms with Crippen molar-refractivity contribution in [1.29, 1.82) is 0 Å². The van der Waals surface area contributed by atoms with Crippen LogP contribution in [0.15, 0.2) is 6.20 Å². The van der Waals surface area contributed by atoms with E-state index in [9.17, 15) is 4.79 Å². The fraction of sp³-hybridized carbons (Fsp3) is 0.750. The van der Waals surface area contributed by atoms with Crippen molar-refractivity contribution in [2.24, 2.45) is 13.0 Å². The molecule has 118 valence electrons. The first-order chi connectivity index (χ1) is 10.0. The standard InChI is InChI=1S/C16H27N3O2/c1-5-21-16(20)14-10-17-18(4)15(14)11-19(13-6-7-13)9-8-12(2)3/h10,12-13H,5-9,11H2,1-4H3. The van der Waals surface area contributed by atoms with E-state index in [1.165, 1.54) is 19.3 Å². The van der Waals surface area contributed by atoms with Gasteiger partial charge in [-0.1, -0.05) is 13.8 Å². The molecule has 5 nitrogen and oxygen atoms in total. The molecule has 0 bridgehead atoms. The molecule has 1 aromatic rings. The van der Waals surface area contributed by atoms with Gasteiger partial charge in [0.05, 0.1) is 18.5 Å². The highest BCUT2D eigenvalue weighted by atomic mass is 16.5. The zero-order valence-electron chi connectivity index (χ0n) is 13.6. The highest BCUT2D eigenvalue weighted by molar-refractivity contribution is 5.90. The largest absolute Gasteiger partial charge is 0.462 e. The molecule has 0 aromatic carbocycles. The van der Waals surface area contributed by atoms with Crippen molar-refractivity contribution in [2.75, 3.05) is 13.2 Å². The lowest BCUT2D eigenvalue weighted by molar-refractivity contribution is 0.0523. The third-order valence-electron chi connectivity index (χ3n) is 3.97. The van der Waals surface area contributed by atoms with E-state index in [4.69, 9.17) is 4.74 Å². The van der Waals surface area contributed by atoms with Crippen LogP contribution < -0.4 is 0 Å². The molecule has 1 aliphatic carbocycles. The lowest BCUT2D eigenvalue weighted by Gasteiger charge is -2.23. The number of aryl methyl sites for hydroxylation is 1. The number of aromatic nitrogens is 2. The van der Waals surface area contributed by atoms with Crippen molar-refractivity contribution in [3.63, 3.8) is 0 Å². The van der Waals surface area contributed by atoms with E-state index in [2.05, 4.69) is 23.8 Å². The van der Waals surface area contributed by atoms with Crippen LogP contribution in [0.1, 0.15) is 56.1 Å². The summed E-state index contributed by atoms with van der Waals surface area (Å²) in [5, 5.41) is 4.24. The summed E-state index contributed by atoms with van der Waals surface area (Å²) < 4.78 is 6.93. The summed E-state index contributed by atoms with van der Waals surface area (Å²) in [5.74, 6) is 0.433. The summed E-state index contributed by atoms with van der Waals surface area (Å²) in [6, 6.07) is 0.675. The van der Waals surface area contributed by atoms with Crippen molar-refractivity contribution in [3.05, 3.63) is 17.5 Å². The first-order valence-electron chi connectivity index (χ1n) is 7.95. The van der Waals surface area contributed by atoms with Crippen LogP contribution in [0, 0.1) is 5.92 Å². The van der Waals surface area contributed by atoms with E-state index >= 15 is 0 Å². The Balaban J connectivity index is 2.09. The molecule has 1 saturated carbocycles. The van der Waals surface area contributed by atoms with Gasteiger partial charge in [-0.05, 0) is 38.6 Å². The molecule has 0 amide bonds. The average molecular weight is 293 g/mol. The number of ether oxygens (including phenoxy) is 1. The van der Waals surface area contributed by atoms with Gasteiger partial charge in [0.1, 0.15) is 5.56 Å². The lowest BCUT2D eigenvalue weighted by atomic mass is 10.1. The number of rotatable bonds is 8. The van der Waals surface area contributed by atoms with Gasteiger partial charge in [0.25, 0.3) is 0 Å². The Morgan fingerprint density at radius 2 is 2.24 bits per heavy atom. The molecule has 0 saturated heterocycles. The molecule has 0 N–H and O–H groups in total. The Kier molecular flexibility index (Phi) is 5.39. The van der Waals surface area contributed by atoms with Gasteiger partial charge in [0.15, 0.2) is 0 Å². The summed E-state index contributed by atoms with van der Waals surface area (Å²) in [7, 11) is 1.89. The van der Waals surface area contributed by atoms with Crippen LogP contribution in [0.4, 0.5) is 0 Å².